The first-order valence-electron chi connectivity index (χ1n) is 12.8. The largest absolute Gasteiger partial charge is 0.369 e. The van der Waals surface area contributed by atoms with Gasteiger partial charge < -0.3 is 5.11 Å². The number of nitrogens with zero attached hydrogens (tertiary/aromatic N) is 4. The second-order valence-electron chi connectivity index (χ2n) is 9.67. The predicted octanol–water partition coefficient (Wildman–Crippen LogP) is 7.43. The first kappa shape index (κ1) is 22.2. The molecule has 6 heterocycles. The summed E-state index contributed by atoms with van der Waals surface area (Å²) in [5.74, 6) is 0.732. The fourth-order valence-corrected chi connectivity index (χ4v) is 7.84. The maximum Gasteiger partial charge on any atom is 0.265 e. The summed E-state index contributed by atoms with van der Waals surface area (Å²) in [6.07, 6.45) is 9.47. The fraction of sp³-hybridized carbons (Fsp3) is 0.167. The van der Waals surface area contributed by atoms with Gasteiger partial charge in [0.25, 0.3) is 5.56 Å². The molecule has 186 valence electrons. The van der Waals surface area contributed by atoms with E-state index in [2.05, 4.69) is 56.4 Å². The van der Waals surface area contributed by atoms with Crippen LogP contribution in [-0.4, -0.2) is 24.0 Å². The third kappa shape index (κ3) is 2.77. The van der Waals surface area contributed by atoms with Crippen LogP contribution >= 0.6 is 22.7 Å². The second-order valence-corrected chi connectivity index (χ2v) is 11.8. The van der Waals surface area contributed by atoms with Crippen molar-refractivity contribution in [3.05, 3.63) is 74.2 Å². The Kier molecular flexibility index (Phi) is 4.57. The van der Waals surface area contributed by atoms with E-state index >= 15 is 0 Å². The highest BCUT2D eigenvalue weighted by atomic mass is 32.1. The van der Waals surface area contributed by atoms with Gasteiger partial charge in [0.2, 0.25) is 0 Å². The molecule has 8 rings (SSSR count). The van der Waals surface area contributed by atoms with Crippen molar-refractivity contribution in [1.82, 2.24) is 18.9 Å². The molecule has 0 amide bonds. The maximum absolute atomic E-state index is 13.9. The normalized spacial score (nSPS) is 15.6. The molecule has 0 bridgehead atoms. The highest BCUT2D eigenvalue weighted by Crippen LogP contribution is 2.46. The summed E-state index contributed by atoms with van der Waals surface area (Å²) in [5, 5.41) is 14.9. The number of thiophene rings is 2. The number of pyridine rings is 1. The lowest BCUT2D eigenvalue weighted by Crippen LogP contribution is -2.18. The van der Waals surface area contributed by atoms with Gasteiger partial charge in [0, 0.05) is 42.4 Å². The molecule has 0 saturated heterocycles. The summed E-state index contributed by atoms with van der Waals surface area (Å²) in [7, 11) is 0. The van der Waals surface area contributed by atoms with E-state index in [0.717, 1.165) is 76.4 Å². The van der Waals surface area contributed by atoms with E-state index in [-0.39, 0.29) is 5.56 Å². The number of benzene rings is 2. The summed E-state index contributed by atoms with van der Waals surface area (Å²) >= 11 is 3.22. The molecule has 6 nitrogen and oxygen atoms in total. The van der Waals surface area contributed by atoms with Crippen molar-refractivity contribution in [3.63, 3.8) is 0 Å². The molecular weight excluding hydrogens is 512 g/mol. The Morgan fingerprint density at radius 1 is 0.895 bits per heavy atom. The number of allylic oxidation sites excluding steroid dienone is 2. The third-order valence-electron chi connectivity index (χ3n) is 7.41. The van der Waals surface area contributed by atoms with Gasteiger partial charge in [-0.2, -0.15) is 0 Å². The van der Waals surface area contributed by atoms with E-state index < -0.39 is 6.23 Å². The van der Waals surface area contributed by atoms with Crippen LogP contribution in [0.1, 0.15) is 48.2 Å². The van der Waals surface area contributed by atoms with Crippen LogP contribution in [0.15, 0.2) is 53.3 Å². The second kappa shape index (κ2) is 7.83. The third-order valence-corrected chi connectivity index (χ3v) is 9.57. The minimum Gasteiger partial charge on any atom is -0.369 e. The molecule has 0 fully saturated rings. The quantitative estimate of drug-likeness (QED) is 0.255. The molecular formula is C30H22N4O2S2. The molecule has 2 aromatic carbocycles. The molecule has 5 aromatic heterocycles. The number of hydrogen-bond acceptors (Lipinski definition) is 6. The molecule has 1 N–H and O–H groups in total. The van der Waals surface area contributed by atoms with Crippen LogP contribution in [0.2, 0.25) is 0 Å². The standard InChI is InChI=1S/C30H22N4O2S2/c1-3-5-7-15-13-21-29(37-15)33-25(31-21)17-9-10-18-24-20(12-11-19(23(17)24)27(33)35)28(36)34-26(18)32-22-14-16(8-6-4-2)38-30(22)34/h5-14,27,35H,3-4H2,1-2H3/b7-5+,8-6+. The minimum atomic E-state index is -0.887. The number of aliphatic hydroxyl groups excluding tert-OH is 1. The molecule has 1 atom stereocenters. The zero-order chi connectivity index (χ0) is 25.7. The molecule has 1 aliphatic heterocycles. The molecule has 38 heavy (non-hydrogen) atoms. The van der Waals surface area contributed by atoms with Crippen LogP contribution < -0.4 is 5.56 Å². The van der Waals surface area contributed by atoms with Gasteiger partial charge in [-0.3, -0.25) is 9.36 Å². The Hall–Kier alpha value is -3.85. The van der Waals surface area contributed by atoms with Gasteiger partial charge in [0.15, 0.2) is 6.23 Å². The topological polar surface area (TPSA) is 72.4 Å². The summed E-state index contributed by atoms with van der Waals surface area (Å²) in [4.78, 5) is 27.8. The van der Waals surface area contributed by atoms with Crippen molar-refractivity contribution in [3.8, 4) is 11.4 Å². The Morgan fingerprint density at radius 3 is 2.32 bits per heavy atom. The van der Waals surface area contributed by atoms with Crippen molar-refractivity contribution >= 4 is 82.7 Å². The van der Waals surface area contributed by atoms with E-state index in [0.29, 0.717) is 11.0 Å². The number of fused-ring (bicyclic) bond motifs is 8. The van der Waals surface area contributed by atoms with Crippen LogP contribution in [0, 0.1) is 0 Å². The molecule has 8 heteroatoms. The van der Waals surface area contributed by atoms with Crippen LogP contribution in [0.4, 0.5) is 0 Å². The average molecular weight is 535 g/mol. The molecule has 0 radical (unpaired) electrons. The lowest BCUT2D eigenvalue weighted by atomic mass is 9.91. The lowest BCUT2D eigenvalue weighted by Gasteiger charge is -2.25. The smallest absolute Gasteiger partial charge is 0.265 e. The summed E-state index contributed by atoms with van der Waals surface area (Å²) < 4.78 is 3.68. The number of hydrogen-bond donors (Lipinski definition) is 1. The average Bonchev–Trinajstić information content (AvgIpc) is 3.66. The van der Waals surface area contributed by atoms with Crippen LogP contribution in [0.3, 0.4) is 0 Å². The zero-order valence-electron chi connectivity index (χ0n) is 20.7. The van der Waals surface area contributed by atoms with Crippen molar-refractivity contribution in [1.29, 1.82) is 0 Å². The van der Waals surface area contributed by atoms with E-state index in [1.54, 1.807) is 27.1 Å². The van der Waals surface area contributed by atoms with E-state index in [1.165, 1.54) is 0 Å². The van der Waals surface area contributed by atoms with Crippen molar-refractivity contribution < 1.29 is 5.11 Å². The summed E-state index contributed by atoms with van der Waals surface area (Å²) in [6.45, 7) is 4.21. The van der Waals surface area contributed by atoms with Crippen LogP contribution in [0.5, 0.6) is 0 Å². The zero-order valence-corrected chi connectivity index (χ0v) is 22.4. The minimum absolute atomic E-state index is 0.0803. The maximum atomic E-state index is 13.9. The molecule has 0 spiro atoms. The van der Waals surface area contributed by atoms with Crippen LogP contribution in [-0.2, 0) is 0 Å². The van der Waals surface area contributed by atoms with Gasteiger partial charge in [-0.1, -0.05) is 32.1 Å². The summed E-state index contributed by atoms with van der Waals surface area (Å²) in [5.41, 5.74) is 4.00. The van der Waals surface area contributed by atoms with E-state index in [4.69, 9.17) is 9.97 Å². The molecule has 0 saturated carbocycles. The number of rotatable bonds is 4. The van der Waals surface area contributed by atoms with Crippen molar-refractivity contribution in [2.45, 2.75) is 32.9 Å². The SMILES string of the molecule is CC/C=C/c1cc2nc3n(c2s1)C(O)c1ccc2c(=O)n4c(nc5cc(/C=C/CC)sc54)c4ccc-3c1c24. The van der Waals surface area contributed by atoms with Crippen molar-refractivity contribution in [2.24, 2.45) is 0 Å². The number of imidazole rings is 2. The van der Waals surface area contributed by atoms with Gasteiger partial charge >= 0.3 is 0 Å². The molecule has 1 aliphatic rings. The van der Waals surface area contributed by atoms with Gasteiger partial charge in [-0.15, -0.1) is 22.7 Å². The van der Waals surface area contributed by atoms with Gasteiger partial charge in [0.1, 0.15) is 32.2 Å². The molecule has 1 unspecified atom stereocenters. The van der Waals surface area contributed by atoms with Crippen molar-refractivity contribution in [2.75, 3.05) is 0 Å². The first-order chi connectivity index (χ1) is 18.6. The molecule has 7 aromatic rings. The number of aliphatic hydroxyl groups is 1. The Balaban J connectivity index is 1.43. The Morgan fingerprint density at radius 2 is 1.58 bits per heavy atom. The summed E-state index contributed by atoms with van der Waals surface area (Å²) in [6, 6.07) is 12.0. The monoisotopic (exact) mass is 534 g/mol. The highest BCUT2D eigenvalue weighted by Gasteiger charge is 2.31. The Bertz CT molecular complexity index is 2210. The van der Waals surface area contributed by atoms with Gasteiger partial charge in [-0.05, 0) is 55.3 Å². The predicted molar refractivity (Wildman–Crippen MR) is 159 cm³/mol. The van der Waals surface area contributed by atoms with E-state index in [1.807, 2.05) is 22.8 Å². The first-order valence-corrected chi connectivity index (χ1v) is 14.4. The lowest BCUT2D eigenvalue weighted by molar-refractivity contribution is 0.153. The van der Waals surface area contributed by atoms with Crippen LogP contribution in [0.25, 0.3) is 71.4 Å². The molecule has 0 aliphatic carbocycles. The van der Waals surface area contributed by atoms with Gasteiger partial charge in [-0.25, -0.2) is 14.4 Å². The fourth-order valence-electron chi connectivity index (χ4n) is 5.76. The van der Waals surface area contributed by atoms with Gasteiger partial charge in [0.05, 0.1) is 0 Å². The Labute approximate surface area is 224 Å². The number of aromatic nitrogens is 4. The highest BCUT2D eigenvalue weighted by molar-refractivity contribution is 7.19. The van der Waals surface area contributed by atoms with E-state index in [9.17, 15) is 9.90 Å².